The van der Waals surface area contributed by atoms with Gasteiger partial charge >= 0.3 is 17.3 Å². The van der Waals surface area contributed by atoms with Gasteiger partial charge in [0.15, 0.2) is 0 Å². The van der Waals surface area contributed by atoms with Crippen LogP contribution in [0, 0.1) is 6.92 Å². The highest BCUT2D eigenvalue weighted by molar-refractivity contribution is 6.21. The van der Waals surface area contributed by atoms with Gasteiger partial charge in [0, 0.05) is 0 Å². The lowest BCUT2D eigenvalue weighted by Gasteiger charge is -2.13. The molecule has 5 nitrogen and oxygen atoms in total. The van der Waals surface area contributed by atoms with Gasteiger partial charge in [0.25, 0.3) is 0 Å². The maximum absolute atomic E-state index is 12.9. The van der Waals surface area contributed by atoms with E-state index in [1.54, 1.807) is 0 Å². The maximum atomic E-state index is 12.9. The summed E-state index contributed by atoms with van der Waals surface area (Å²) in [5, 5.41) is 13.5. The minimum atomic E-state index is -3.93. The second-order valence-corrected chi connectivity index (χ2v) is 3.61. The van der Waals surface area contributed by atoms with Crippen molar-refractivity contribution in [2.45, 2.75) is 12.3 Å². The zero-order valence-electron chi connectivity index (χ0n) is 8.37. The Balaban J connectivity index is 3.60. The third-order valence-electron chi connectivity index (χ3n) is 1.99. The first-order valence-electron chi connectivity index (χ1n) is 4.20. The molecule has 0 saturated heterocycles. The van der Waals surface area contributed by atoms with Crippen LogP contribution in [-0.2, 0) is 5.38 Å². The molecule has 1 rings (SSSR count). The molecule has 92 valence electrons. The van der Waals surface area contributed by atoms with Gasteiger partial charge in [-0.25, -0.2) is 14.6 Å². The average molecular weight is 266 g/mol. The van der Waals surface area contributed by atoms with Crippen LogP contribution < -0.4 is 0 Å². The zero-order chi connectivity index (χ0) is 13.4. The molecule has 1 aromatic heterocycles. The summed E-state index contributed by atoms with van der Waals surface area (Å²) in [4.78, 5) is 24.5. The fourth-order valence-corrected chi connectivity index (χ4v) is 1.40. The molecule has 8 heteroatoms. The second kappa shape index (κ2) is 4.25. The number of aromatic carboxylic acids is 2. The lowest BCUT2D eigenvalue weighted by Crippen LogP contribution is -2.17. The van der Waals surface area contributed by atoms with Crippen LogP contribution in [0.1, 0.15) is 32.1 Å². The standard InChI is InChI=1S/C9H6ClF2NO4/c1-3-4(7(14)15)2-5(8(16)17)13-6(3)9(10,11)12/h2H,1H3,(H,14,15)(H,16,17). The molecule has 0 amide bonds. The van der Waals surface area contributed by atoms with E-state index in [0.717, 1.165) is 6.92 Å². The molecule has 0 aliphatic carbocycles. The van der Waals surface area contributed by atoms with Crippen molar-refractivity contribution in [1.82, 2.24) is 4.98 Å². The largest absolute Gasteiger partial charge is 0.478 e. The van der Waals surface area contributed by atoms with Gasteiger partial charge in [-0.05, 0) is 30.2 Å². The Morgan fingerprint density at radius 3 is 2.24 bits per heavy atom. The number of carboxylic acids is 2. The molecule has 0 unspecified atom stereocenters. The normalized spacial score (nSPS) is 11.3. The minimum Gasteiger partial charge on any atom is -0.478 e. The fourth-order valence-electron chi connectivity index (χ4n) is 1.22. The number of nitrogens with zero attached hydrogens (tertiary/aromatic N) is 1. The predicted octanol–water partition coefficient (Wildman–Crippen LogP) is 2.07. The minimum absolute atomic E-state index is 0.373. The molecule has 2 N–H and O–H groups in total. The summed E-state index contributed by atoms with van der Waals surface area (Å²) in [5.41, 5.74) is -2.82. The van der Waals surface area contributed by atoms with Crippen molar-refractivity contribution in [2.24, 2.45) is 0 Å². The van der Waals surface area contributed by atoms with E-state index >= 15 is 0 Å². The van der Waals surface area contributed by atoms with Gasteiger partial charge in [0.1, 0.15) is 11.4 Å². The van der Waals surface area contributed by atoms with Gasteiger partial charge in [-0.2, -0.15) is 8.78 Å². The highest BCUT2D eigenvalue weighted by Crippen LogP contribution is 2.34. The average Bonchev–Trinajstić information content (AvgIpc) is 2.15. The summed E-state index contributed by atoms with van der Waals surface area (Å²) in [6.07, 6.45) is 0. The van der Waals surface area contributed by atoms with Gasteiger partial charge in [-0.15, -0.1) is 0 Å². The smallest absolute Gasteiger partial charge is 0.365 e. The third kappa shape index (κ3) is 2.68. The predicted molar refractivity (Wildman–Crippen MR) is 52.6 cm³/mol. The molecule has 0 fully saturated rings. The summed E-state index contributed by atoms with van der Waals surface area (Å²) in [6, 6.07) is 0.701. The van der Waals surface area contributed by atoms with Crippen LogP contribution in [0.15, 0.2) is 6.07 Å². The SMILES string of the molecule is Cc1c(C(=O)O)cc(C(=O)O)nc1C(F)(F)Cl. The fraction of sp³-hybridized carbons (Fsp3) is 0.222. The molecule has 0 spiro atoms. The van der Waals surface area contributed by atoms with Gasteiger partial charge < -0.3 is 10.2 Å². The lowest BCUT2D eigenvalue weighted by atomic mass is 10.1. The quantitative estimate of drug-likeness (QED) is 0.817. The Kier molecular flexibility index (Phi) is 3.33. The van der Waals surface area contributed by atoms with Crippen molar-refractivity contribution in [3.8, 4) is 0 Å². The van der Waals surface area contributed by atoms with E-state index in [-0.39, 0.29) is 5.56 Å². The molecule has 0 saturated carbocycles. The van der Waals surface area contributed by atoms with Crippen molar-refractivity contribution < 1.29 is 28.6 Å². The Labute approximate surface area is 98.7 Å². The van der Waals surface area contributed by atoms with Crippen molar-refractivity contribution in [2.75, 3.05) is 0 Å². The number of carboxylic acid groups (broad SMARTS) is 2. The first-order chi connectivity index (χ1) is 7.64. The molecule has 0 aliphatic heterocycles. The van der Waals surface area contributed by atoms with Crippen LogP contribution in [0.2, 0.25) is 0 Å². The number of hydrogen-bond donors (Lipinski definition) is 2. The zero-order valence-corrected chi connectivity index (χ0v) is 9.13. The summed E-state index contributed by atoms with van der Waals surface area (Å²) in [5.74, 6) is -3.15. The van der Waals surface area contributed by atoms with Crippen molar-refractivity contribution in [3.63, 3.8) is 0 Å². The van der Waals surface area contributed by atoms with E-state index in [9.17, 15) is 18.4 Å². The Morgan fingerprint density at radius 1 is 1.35 bits per heavy atom. The van der Waals surface area contributed by atoms with Crippen LogP contribution in [0.5, 0.6) is 0 Å². The summed E-state index contributed by atoms with van der Waals surface area (Å²) in [7, 11) is 0. The van der Waals surface area contributed by atoms with Crippen molar-refractivity contribution in [3.05, 3.63) is 28.6 Å². The van der Waals surface area contributed by atoms with E-state index in [1.807, 2.05) is 0 Å². The van der Waals surface area contributed by atoms with Gasteiger partial charge in [-0.3, -0.25) is 0 Å². The summed E-state index contributed by atoms with van der Waals surface area (Å²) >= 11 is 4.74. The monoisotopic (exact) mass is 265 g/mol. The first kappa shape index (κ1) is 13.3. The van der Waals surface area contributed by atoms with Gasteiger partial charge in [-0.1, -0.05) is 0 Å². The maximum Gasteiger partial charge on any atom is 0.365 e. The van der Waals surface area contributed by atoms with Crippen LogP contribution >= 0.6 is 11.6 Å². The summed E-state index contributed by atoms with van der Waals surface area (Å²) in [6.45, 7) is 1.08. The molecule has 0 radical (unpaired) electrons. The van der Waals surface area contributed by atoms with Crippen LogP contribution in [-0.4, -0.2) is 27.1 Å². The van der Waals surface area contributed by atoms with Crippen LogP contribution in [0.4, 0.5) is 8.78 Å². The molecule has 0 atom stereocenters. The summed E-state index contributed by atoms with van der Waals surface area (Å²) < 4.78 is 25.8. The number of alkyl halides is 3. The van der Waals surface area contributed by atoms with Crippen molar-refractivity contribution >= 4 is 23.5 Å². The molecule has 0 aliphatic rings. The number of pyridine rings is 1. The number of aromatic nitrogens is 1. The molecule has 17 heavy (non-hydrogen) atoms. The number of hydrogen-bond acceptors (Lipinski definition) is 3. The molecule has 0 bridgehead atoms. The van der Waals surface area contributed by atoms with Gasteiger partial charge in [0.2, 0.25) is 0 Å². The van der Waals surface area contributed by atoms with Crippen LogP contribution in [0.3, 0.4) is 0 Å². The van der Waals surface area contributed by atoms with E-state index in [0.29, 0.717) is 6.07 Å². The first-order valence-corrected chi connectivity index (χ1v) is 4.57. The second-order valence-electron chi connectivity index (χ2n) is 3.14. The topological polar surface area (TPSA) is 87.5 Å². The number of halogens is 3. The van der Waals surface area contributed by atoms with E-state index < -0.39 is 34.3 Å². The molecule has 1 heterocycles. The molecule has 1 aromatic rings. The highest BCUT2D eigenvalue weighted by Gasteiger charge is 2.34. The van der Waals surface area contributed by atoms with E-state index in [2.05, 4.69) is 4.98 Å². The Morgan fingerprint density at radius 2 is 1.88 bits per heavy atom. The lowest BCUT2D eigenvalue weighted by molar-refractivity contribution is 0.0682. The Bertz CT molecular complexity index is 499. The number of carbonyl (C=O) groups is 2. The molecular formula is C9H6ClF2NO4. The number of rotatable bonds is 3. The highest BCUT2D eigenvalue weighted by atomic mass is 35.5. The van der Waals surface area contributed by atoms with Gasteiger partial charge in [0.05, 0.1) is 5.56 Å². The van der Waals surface area contributed by atoms with Crippen molar-refractivity contribution in [1.29, 1.82) is 0 Å². The van der Waals surface area contributed by atoms with E-state index in [4.69, 9.17) is 21.8 Å². The third-order valence-corrected chi connectivity index (χ3v) is 2.17. The van der Waals surface area contributed by atoms with Crippen LogP contribution in [0.25, 0.3) is 0 Å². The Hall–Kier alpha value is -1.76. The molecular weight excluding hydrogens is 260 g/mol. The van der Waals surface area contributed by atoms with E-state index in [1.165, 1.54) is 0 Å². The molecule has 0 aromatic carbocycles.